The number of fused-ring (bicyclic) bond motifs is 1. The number of carboxylic acid groups (broad SMARTS) is 1. The van der Waals surface area contributed by atoms with Crippen molar-refractivity contribution in [1.82, 2.24) is 4.90 Å². The first kappa shape index (κ1) is 17.5. The van der Waals surface area contributed by atoms with Crippen molar-refractivity contribution in [3.05, 3.63) is 23.4 Å². The van der Waals surface area contributed by atoms with E-state index in [1.54, 1.807) is 12.2 Å². The average Bonchev–Trinajstić information content (AvgIpc) is 2.43. The molecular formula is C14H21N4O4S+. The van der Waals surface area contributed by atoms with E-state index < -0.39 is 17.9 Å². The zero-order chi connectivity index (χ0) is 17.4. The molecule has 0 saturated carbocycles. The maximum absolute atomic E-state index is 11.8. The van der Waals surface area contributed by atoms with Crippen LogP contribution in [0.3, 0.4) is 0 Å². The van der Waals surface area contributed by atoms with Gasteiger partial charge in [0, 0.05) is 5.75 Å². The van der Waals surface area contributed by atoms with Gasteiger partial charge in [0.05, 0.1) is 20.6 Å². The Morgan fingerprint density at radius 1 is 1.48 bits per heavy atom. The number of primary amides is 1. The Labute approximate surface area is 138 Å². The average molecular weight is 341 g/mol. The molecule has 2 aliphatic rings. The predicted octanol–water partition coefficient (Wildman–Crippen LogP) is -1.31. The maximum atomic E-state index is 11.8. The number of rotatable bonds is 6. The van der Waals surface area contributed by atoms with Crippen LogP contribution in [0.15, 0.2) is 23.4 Å². The first-order valence-electron chi connectivity index (χ1n) is 7.07. The molecule has 2 heterocycles. The molecule has 2 rings (SSSR count). The van der Waals surface area contributed by atoms with Crippen molar-refractivity contribution in [1.29, 1.82) is 0 Å². The third-order valence-corrected chi connectivity index (χ3v) is 5.07. The van der Waals surface area contributed by atoms with E-state index in [4.69, 9.17) is 11.5 Å². The summed E-state index contributed by atoms with van der Waals surface area (Å²) in [6.45, 7) is 0.701. The minimum absolute atomic E-state index is 0.00286. The Bertz CT molecular complexity index is 614. The van der Waals surface area contributed by atoms with Crippen molar-refractivity contribution >= 4 is 29.5 Å². The Morgan fingerprint density at radius 2 is 2.13 bits per heavy atom. The summed E-state index contributed by atoms with van der Waals surface area (Å²) in [5.74, 6) is -1.43. The van der Waals surface area contributed by atoms with Crippen LogP contribution in [-0.2, 0) is 14.4 Å². The zero-order valence-electron chi connectivity index (χ0n) is 13.1. The summed E-state index contributed by atoms with van der Waals surface area (Å²) in [4.78, 5) is 35.6. The van der Waals surface area contributed by atoms with Gasteiger partial charge < -0.3 is 21.1 Å². The summed E-state index contributed by atoms with van der Waals surface area (Å²) >= 11 is 1.45. The molecule has 126 valence electrons. The summed E-state index contributed by atoms with van der Waals surface area (Å²) in [6.07, 6.45) is 3.50. The SMILES string of the molecule is C[N+](C)(C/C=C/C1=C(C(=O)O)N2C(=O)[C@@H](N)[C@H]2SC1)CC(N)=O. The smallest absolute Gasteiger partial charge is 0.352 e. The largest absolute Gasteiger partial charge is 0.477 e. The monoisotopic (exact) mass is 341 g/mol. The molecule has 23 heavy (non-hydrogen) atoms. The second-order valence-corrected chi connectivity index (χ2v) is 7.36. The van der Waals surface area contributed by atoms with Gasteiger partial charge in [-0.05, 0) is 11.6 Å². The fourth-order valence-corrected chi connectivity index (χ4v) is 3.90. The van der Waals surface area contributed by atoms with Crippen LogP contribution in [0, 0.1) is 0 Å². The van der Waals surface area contributed by atoms with E-state index in [1.165, 1.54) is 16.7 Å². The van der Waals surface area contributed by atoms with E-state index >= 15 is 0 Å². The molecule has 1 saturated heterocycles. The van der Waals surface area contributed by atoms with Crippen LogP contribution in [0.25, 0.3) is 0 Å². The molecule has 0 radical (unpaired) electrons. The number of aliphatic carboxylic acids is 1. The lowest BCUT2D eigenvalue weighted by Crippen LogP contribution is -2.68. The molecule has 8 nitrogen and oxygen atoms in total. The fourth-order valence-electron chi connectivity index (χ4n) is 2.63. The fraction of sp³-hybridized carbons (Fsp3) is 0.500. The first-order valence-corrected chi connectivity index (χ1v) is 8.12. The Balaban J connectivity index is 2.16. The van der Waals surface area contributed by atoms with Crippen molar-refractivity contribution in [2.24, 2.45) is 11.5 Å². The second kappa shape index (κ2) is 6.34. The van der Waals surface area contributed by atoms with E-state index in [1.807, 2.05) is 14.1 Å². The Hall–Kier alpha value is -1.84. The van der Waals surface area contributed by atoms with Crippen molar-refractivity contribution in [3.8, 4) is 0 Å². The van der Waals surface area contributed by atoms with Crippen LogP contribution in [0.1, 0.15) is 0 Å². The molecule has 0 spiro atoms. The van der Waals surface area contributed by atoms with Crippen LogP contribution < -0.4 is 11.5 Å². The first-order chi connectivity index (χ1) is 10.6. The number of carbonyl (C=O) groups is 3. The van der Waals surface area contributed by atoms with Gasteiger partial charge in [0.2, 0.25) is 5.91 Å². The Morgan fingerprint density at radius 3 is 2.70 bits per heavy atom. The van der Waals surface area contributed by atoms with Crippen molar-refractivity contribution in [2.45, 2.75) is 11.4 Å². The minimum atomic E-state index is -1.14. The molecule has 0 unspecified atom stereocenters. The summed E-state index contributed by atoms with van der Waals surface area (Å²) in [7, 11) is 3.70. The molecule has 0 aromatic heterocycles. The Kier molecular flexibility index (Phi) is 4.83. The lowest BCUT2D eigenvalue weighted by Gasteiger charge is -2.47. The number of thioether (sulfide) groups is 1. The van der Waals surface area contributed by atoms with Crippen molar-refractivity contribution in [3.63, 3.8) is 0 Å². The lowest BCUT2D eigenvalue weighted by atomic mass is 10.0. The van der Waals surface area contributed by atoms with Crippen LogP contribution in [-0.4, -0.2) is 76.6 Å². The van der Waals surface area contributed by atoms with Crippen molar-refractivity contribution < 1.29 is 24.0 Å². The van der Waals surface area contributed by atoms with Gasteiger partial charge in [-0.2, -0.15) is 0 Å². The number of likely N-dealkylation sites (N-methyl/N-ethyl adjacent to an activating group) is 1. The number of hydrogen-bond acceptors (Lipinski definition) is 5. The number of nitrogens with zero attached hydrogens (tertiary/aromatic N) is 2. The summed E-state index contributed by atoms with van der Waals surface area (Å²) < 4.78 is 0.366. The van der Waals surface area contributed by atoms with Gasteiger partial charge in [-0.1, -0.05) is 6.08 Å². The topological polar surface area (TPSA) is 127 Å². The molecule has 0 aliphatic carbocycles. The molecule has 9 heteroatoms. The lowest BCUT2D eigenvalue weighted by molar-refractivity contribution is -0.876. The van der Waals surface area contributed by atoms with Gasteiger partial charge in [0.1, 0.15) is 17.1 Å². The molecule has 2 aliphatic heterocycles. The van der Waals surface area contributed by atoms with Gasteiger partial charge >= 0.3 is 5.97 Å². The number of β-lactam (4-membered cyclic amide) rings is 1. The highest BCUT2D eigenvalue weighted by atomic mass is 32.2. The summed E-state index contributed by atoms with van der Waals surface area (Å²) in [5.41, 5.74) is 11.5. The third kappa shape index (κ3) is 3.57. The highest BCUT2D eigenvalue weighted by molar-refractivity contribution is 8.00. The number of allylic oxidation sites excluding steroid dienone is 1. The van der Waals surface area contributed by atoms with Crippen LogP contribution in [0.4, 0.5) is 0 Å². The number of nitrogens with two attached hydrogens (primary N) is 2. The van der Waals surface area contributed by atoms with Crippen LogP contribution >= 0.6 is 11.8 Å². The van der Waals surface area contributed by atoms with Gasteiger partial charge in [-0.3, -0.25) is 14.5 Å². The second-order valence-electron chi connectivity index (χ2n) is 6.26. The summed E-state index contributed by atoms with van der Waals surface area (Å²) in [6, 6.07) is -0.633. The molecule has 0 bridgehead atoms. The van der Waals surface area contributed by atoms with E-state index in [0.717, 1.165) is 0 Å². The third-order valence-electron chi connectivity index (χ3n) is 3.74. The highest BCUT2D eigenvalue weighted by Gasteiger charge is 2.51. The van der Waals surface area contributed by atoms with Gasteiger partial charge in [0.25, 0.3) is 5.91 Å². The van der Waals surface area contributed by atoms with Gasteiger partial charge in [-0.25, -0.2) is 4.79 Å². The molecular weight excluding hydrogens is 320 g/mol. The van der Waals surface area contributed by atoms with Crippen molar-refractivity contribution in [2.75, 3.05) is 32.9 Å². The number of amides is 2. The molecule has 0 aromatic rings. The standard InChI is InChI=1S/C14H20N4O4S/c1-18(2,6-9(15)19)5-3-4-8-7-23-13-10(16)12(20)17(13)11(8)14(21)22/h3-4,10,13H,5-7,16H2,1-2H3,(H2-,15,19,21,22)/p+1/b4-3+/t10-,13-/m1/s1. The van der Waals surface area contributed by atoms with E-state index in [-0.39, 0.29) is 23.5 Å². The van der Waals surface area contributed by atoms with E-state index in [9.17, 15) is 19.5 Å². The number of hydrogen-bond donors (Lipinski definition) is 3. The van der Waals surface area contributed by atoms with Gasteiger partial charge in [-0.15, -0.1) is 11.8 Å². The van der Waals surface area contributed by atoms with Crippen LogP contribution in [0.5, 0.6) is 0 Å². The number of quaternary nitrogens is 1. The molecule has 2 atom stereocenters. The molecule has 2 amide bonds. The highest BCUT2D eigenvalue weighted by Crippen LogP contribution is 2.39. The molecule has 1 fully saturated rings. The molecule has 0 aromatic carbocycles. The normalized spacial score (nSPS) is 24.7. The van der Waals surface area contributed by atoms with Crippen LogP contribution in [0.2, 0.25) is 0 Å². The molecule has 5 N–H and O–H groups in total. The zero-order valence-corrected chi connectivity index (χ0v) is 13.9. The quantitative estimate of drug-likeness (QED) is 0.406. The maximum Gasteiger partial charge on any atom is 0.352 e. The number of carboxylic acids is 1. The van der Waals surface area contributed by atoms with E-state index in [2.05, 4.69) is 0 Å². The van der Waals surface area contributed by atoms with Gasteiger partial charge in [0.15, 0.2) is 6.54 Å². The minimum Gasteiger partial charge on any atom is -0.477 e. The number of carbonyl (C=O) groups excluding carboxylic acids is 2. The van der Waals surface area contributed by atoms with E-state index in [0.29, 0.717) is 22.4 Å². The predicted molar refractivity (Wildman–Crippen MR) is 85.9 cm³/mol. The summed E-state index contributed by atoms with van der Waals surface area (Å²) in [5, 5.41) is 9.11.